The molecule has 2 unspecified atom stereocenters. The van der Waals surface area contributed by atoms with Crippen molar-refractivity contribution in [2.24, 2.45) is 11.8 Å². The lowest BCUT2D eigenvalue weighted by Crippen LogP contribution is -2.25. The zero-order valence-corrected chi connectivity index (χ0v) is 8.66. The lowest BCUT2D eigenvalue weighted by Gasteiger charge is -2.22. The molecule has 78 valence electrons. The van der Waals surface area contributed by atoms with E-state index in [1.54, 1.807) is 6.08 Å². The van der Waals surface area contributed by atoms with Crippen LogP contribution in [0.5, 0.6) is 0 Å². The van der Waals surface area contributed by atoms with Gasteiger partial charge in [-0.2, -0.15) is 0 Å². The molecule has 0 spiro atoms. The van der Waals surface area contributed by atoms with Crippen molar-refractivity contribution in [3.05, 3.63) is 12.2 Å². The summed E-state index contributed by atoms with van der Waals surface area (Å²) in [7, 11) is 1.33. The zero-order valence-electron chi connectivity index (χ0n) is 8.66. The second-order valence-electron chi connectivity index (χ2n) is 3.72. The molecule has 1 aliphatic carbocycles. The Morgan fingerprint density at radius 3 is 2.86 bits per heavy atom. The van der Waals surface area contributed by atoms with Gasteiger partial charge in [0.2, 0.25) is 0 Å². The number of hydrogen-bond acceptors (Lipinski definition) is 3. The largest absolute Gasteiger partial charge is 0.466 e. The molecule has 0 radical (unpaired) electrons. The van der Waals surface area contributed by atoms with Gasteiger partial charge in [-0.15, -0.1) is 0 Å². The minimum atomic E-state index is -0.393. The molecule has 2 atom stereocenters. The average molecular weight is 196 g/mol. The SMILES string of the molecule is COC(=O)/C=C/C1CCCC(C)C1=O. The van der Waals surface area contributed by atoms with Crippen LogP contribution in [0.3, 0.4) is 0 Å². The van der Waals surface area contributed by atoms with Crippen LogP contribution in [-0.4, -0.2) is 18.9 Å². The van der Waals surface area contributed by atoms with Crippen molar-refractivity contribution < 1.29 is 14.3 Å². The van der Waals surface area contributed by atoms with Crippen LogP contribution in [0.1, 0.15) is 26.2 Å². The maximum atomic E-state index is 11.6. The molecule has 0 aromatic heterocycles. The van der Waals surface area contributed by atoms with Gasteiger partial charge in [0, 0.05) is 17.9 Å². The number of hydrogen-bond donors (Lipinski definition) is 0. The molecule has 3 heteroatoms. The van der Waals surface area contributed by atoms with E-state index in [1.165, 1.54) is 13.2 Å². The summed E-state index contributed by atoms with van der Waals surface area (Å²) >= 11 is 0. The highest BCUT2D eigenvalue weighted by Crippen LogP contribution is 2.26. The highest BCUT2D eigenvalue weighted by Gasteiger charge is 2.26. The number of carbonyl (C=O) groups excluding carboxylic acids is 2. The van der Waals surface area contributed by atoms with Crippen LogP contribution < -0.4 is 0 Å². The van der Waals surface area contributed by atoms with Gasteiger partial charge in [-0.3, -0.25) is 4.79 Å². The molecule has 14 heavy (non-hydrogen) atoms. The van der Waals surface area contributed by atoms with Gasteiger partial charge in [0.05, 0.1) is 7.11 Å². The van der Waals surface area contributed by atoms with Crippen molar-refractivity contribution in [1.29, 1.82) is 0 Å². The van der Waals surface area contributed by atoms with Gasteiger partial charge in [0.15, 0.2) is 0 Å². The Morgan fingerprint density at radius 1 is 1.50 bits per heavy atom. The highest BCUT2D eigenvalue weighted by molar-refractivity contribution is 5.88. The molecular formula is C11H16O3. The molecule has 0 amide bonds. The molecule has 1 saturated carbocycles. The summed E-state index contributed by atoms with van der Waals surface area (Å²) in [5.41, 5.74) is 0. The molecule has 0 aromatic carbocycles. The summed E-state index contributed by atoms with van der Waals surface area (Å²) < 4.78 is 4.47. The topological polar surface area (TPSA) is 43.4 Å². The van der Waals surface area contributed by atoms with Crippen molar-refractivity contribution in [1.82, 2.24) is 0 Å². The number of Topliss-reactive ketones (excluding diaryl/α,β-unsaturated/α-hetero) is 1. The molecule has 0 aliphatic heterocycles. The number of ketones is 1. The van der Waals surface area contributed by atoms with E-state index in [4.69, 9.17) is 0 Å². The Hall–Kier alpha value is -1.12. The Morgan fingerprint density at radius 2 is 2.21 bits per heavy atom. The maximum Gasteiger partial charge on any atom is 0.330 e. The van der Waals surface area contributed by atoms with Crippen LogP contribution >= 0.6 is 0 Å². The predicted molar refractivity (Wildman–Crippen MR) is 52.7 cm³/mol. The summed E-state index contributed by atoms with van der Waals surface area (Å²) in [6, 6.07) is 0. The van der Waals surface area contributed by atoms with Crippen molar-refractivity contribution in [2.75, 3.05) is 7.11 Å². The van der Waals surface area contributed by atoms with Gasteiger partial charge in [0.1, 0.15) is 5.78 Å². The first kappa shape index (κ1) is 11.0. The monoisotopic (exact) mass is 196 g/mol. The van der Waals surface area contributed by atoms with E-state index in [0.29, 0.717) is 0 Å². The fraction of sp³-hybridized carbons (Fsp3) is 0.636. The second-order valence-corrected chi connectivity index (χ2v) is 3.72. The van der Waals surface area contributed by atoms with E-state index in [-0.39, 0.29) is 17.6 Å². The van der Waals surface area contributed by atoms with Crippen molar-refractivity contribution in [3.8, 4) is 0 Å². The van der Waals surface area contributed by atoms with E-state index in [2.05, 4.69) is 4.74 Å². The van der Waals surface area contributed by atoms with E-state index in [1.807, 2.05) is 6.92 Å². The molecular weight excluding hydrogens is 180 g/mol. The lowest BCUT2D eigenvalue weighted by molar-refractivity contribution is -0.134. The number of allylic oxidation sites excluding steroid dienone is 1. The van der Waals surface area contributed by atoms with Gasteiger partial charge >= 0.3 is 5.97 Å². The first-order valence-electron chi connectivity index (χ1n) is 4.95. The van der Waals surface area contributed by atoms with Crippen molar-refractivity contribution in [3.63, 3.8) is 0 Å². The minimum absolute atomic E-state index is 0.0853. The normalized spacial score (nSPS) is 28.0. The number of esters is 1. The number of methoxy groups -OCH3 is 1. The fourth-order valence-corrected chi connectivity index (χ4v) is 1.75. The van der Waals surface area contributed by atoms with Crippen LogP contribution in [0.15, 0.2) is 12.2 Å². The fourth-order valence-electron chi connectivity index (χ4n) is 1.75. The van der Waals surface area contributed by atoms with Crippen LogP contribution in [0.2, 0.25) is 0 Å². The average Bonchev–Trinajstić information content (AvgIpc) is 2.20. The molecule has 0 N–H and O–H groups in total. The number of carbonyl (C=O) groups is 2. The third-order valence-electron chi connectivity index (χ3n) is 2.67. The Bertz CT molecular complexity index is 255. The van der Waals surface area contributed by atoms with Gasteiger partial charge < -0.3 is 4.74 Å². The molecule has 0 aromatic rings. The van der Waals surface area contributed by atoms with Gasteiger partial charge in [0.25, 0.3) is 0 Å². The standard InChI is InChI=1S/C11H16O3/c1-8-4-3-5-9(11(8)13)6-7-10(12)14-2/h6-9H,3-5H2,1-2H3/b7-6+. The summed E-state index contributed by atoms with van der Waals surface area (Å²) in [5, 5.41) is 0. The summed E-state index contributed by atoms with van der Waals surface area (Å²) in [4.78, 5) is 22.4. The number of ether oxygens (including phenoxy) is 1. The second kappa shape index (κ2) is 4.94. The van der Waals surface area contributed by atoms with Gasteiger partial charge in [-0.1, -0.05) is 19.4 Å². The lowest BCUT2D eigenvalue weighted by atomic mass is 9.81. The van der Waals surface area contributed by atoms with Crippen LogP contribution in [0, 0.1) is 11.8 Å². The maximum absolute atomic E-state index is 11.6. The van der Waals surface area contributed by atoms with E-state index in [9.17, 15) is 9.59 Å². The first-order valence-corrected chi connectivity index (χ1v) is 4.95. The number of rotatable bonds is 2. The molecule has 0 bridgehead atoms. The quantitative estimate of drug-likeness (QED) is 0.499. The van der Waals surface area contributed by atoms with Gasteiger partial charge in [-0.25, -0.2) is 4.79 Å². The highest BCUT2D eigenvalue weighted by atomic mass is 16.5. The molecule has 3 nitrogen and oxygen atoms in total. The van der Waals surface area contributed by atoms with E-state index < -0.39 is 5.97 Å². The Balaban J connectivity index is 2.55. The molecule has 1 rings (SSSR count). The van der Waals surface area contributed by atoms with Crippen LogP contribution in [0.25, 0.3) is 0 Å². The smallest absolute Gasteiger partial charge is 0.330 e. The molecule has 1 aliphatic rings. The van der Waals surface area contributed by atoms with Gasteiger partial charge in [-0.05, 0) is 12.8 Å². The first-order chi connectivity index (χ1) is 6.65. The Kier molecular flexibility index (Phi) is 3.86. The molecule has 0 saturated heterocycles. The Labute approximate surface area is 84.1 Å². The molecule has 0 heterocycles. The molecule has 1 fully saturated rings. The van der Waals surface area contributed by atoms with Crippen molar-refractivity contribution >= 4 is 11.8 Å². The third kappa shape index (κ3) is 2.69. The van der Waals surface area contributed by atoms with Crippen LogP contribution in [-0.2, 0) is 14.3 Å². The van der Waals surface area contributed by atoms with Crippen molar-refractivity contribution in [2.45, 2.75) is 26.2 Å². The minimum Gasteiger partial charge on any atom is -0.466 e. The summed E-state index contributed by atoms with van der Waals surface area (Å²) in [5.74, 6) is -0.0960. The van der Waals surface area contributed by atoms with E-state index >= 15 is 0 Å². The van der Waals surface area contributed by atoms with Crippen LogP contribution in [0.4, 0.5) is 0 Å². The predicted octanol–water partition coefficient (Wildman–Crippen LogP) is 1.72. The third-order valence-corrected chi connectivity index (χ3v) is 2.67. The van der Waals surface area contributed by atoms with E-state index in [0.717, 1.165) is 19.3 Å². The zero-order chi connectivity index (χ0) is 10.6. The summed E-state index contributed by atoms with van der Waals surface area (Å²) in [6.07, 6.45) is 5.91. The summed E-state index contributed by atoms with van der Waals surface area (Å²) in [6.45, 7) is 1.94.